The summed E-state index contributed by atoms with van der Waals surface area (Å²) in [6.45, 7) is 1.28. The van der Waals surface area contributed by atoms with Crippen molar-refractivity contribution in [2.24, 2.45) is 0 Å². The number of alkyl halides is 3. The second kappa shape index (κ2) is 7.26. The van der Waals surface area contributed by atoms with Gasteiger partial charge in [-0.1, -0.05) is 6.07 Å². The summed E-state index contributed by atoms with van der Waals surface area (Å²) in [6.07, 6.45) is -5.79. The number of rotatable bonds is 5. The first-order valence-electron chi connectivity index (χ1n) is 6.33. The van der Waals surface area contributed by atoms with Gasteiger partial charge in [0.15, 0.2) is 0 Å². The van der Waals surface area contributed by atoms with Gasteiger partial charge in [0.25, 0.3) is 5.91 Å². The standard InChI is InChI=1S/C14H16F3NO4/c1-8-10(13(20)21-3)5-4-6-11(8)18-12(19)9(2)22-7-14(15,16)17/h4-6,9H,7H2,1-3H3,(H,18,19)/t9-/m0/s1. The van der Waals surface area contributed by atoms with Gasteiger partial charge >= 0.3 is 12.1 Å². The summed E-state index contributed by atoms with van der Waals surface area (Å²) in [7, 11) is 1.22. The maximum Gasteiger partial charge on any atom is 0.411 e. The number of anilines is 1. The molecule has 0 aromatic heterocycles. The van der Waals surface area contributed by atoms with Crippen LogP contribution in [0.4, 0.5) is 18.9 Å². The van der Waals surface area contributed by atoms with Gasteiger partial charge in [0.1, 0.15) is 12.7 Å². The molecule has 0 spiro atoms. The molecule has 122 valence electrons. The molecule has 0 saturated heterocycles. The molecule has 0 aliphatic heterocycles. The monoisotopic (exact) mass is 319 g/mol. The van der Waals surface area contributed by atoms with Crippen molar-refractivity contribution in [3.05, 3.63) is 29.3 Å². The zero-order valence-corrected chi connectivity index (χ0v) is 12.3. The van der Waals surface area contributed by atoms with E-state index in [4.69, 9.17) is 0 Å². The highest BCUT2D eigenvalue weighted by molar-refractivity contribution is 5.98. The Morgan fingerprint density at radius 3 is 2.50 bits per heavy atom. The summed E-state index contributed by atoms with van der Waals surface area (Å²) >= 11 is 0. The number of esters is 1. The zero-order valence-electron chi connectivity index (χ0n) is 12.3. The molecule has 1 amide bonds. The molecule has 1 aromatic carbocycles. The molecule has 0 heterocycles. The highest BCUT2D eigenvalue weighted by atomic mass is 19.4. The van der Waals surface area contributed by atoms with Gasteiger partial charge in [-0.15, -0.1) is 0 Å². The number of hydrogen-bond acceptors (Lipinski definition) is 4. The number of carbonyl (C=O) groups excluding carboxylic acids is 2. The fraction of sp³-hybridized carbons (Fsp3) is 0.429. The molecule has 0 aliphatic carbocycles. The lowest BCUT2D eigenvalue weighted by Crippen LogP contribution is -2.31. The van der Waals surface area contributed by atoms with Gasteiger partial charge in [-0.05, 0) is 31.5 Å². The van der Waals surface area contributed by atoms with E-state index in [-0.39, 0.29) is 5.56 Å². The second-order valence-corrected chi connectivity index (χ2v) is 4.53. The van der Waals surface area contributed by atoms with Crippen LogP contribution in [0, 0.1) is 6.92 Å². The molecule has 0 bridgehead atoms. The third-order valence-corrected chi connectivity index (χ3v) is 2.86. The summed E-state index contributed by atoms with van der Waals surface area (Å²) in [5.41, 5.74) is 1.00. The number of benzene rings is 1. The molecule has 8 heteroatoms. The molecule has 1 rings (SSSR count). The Labute approximate surface area is 125 Å². The van der Waals surface area contributed by atoms with Crippen molar-refractivity contribution in [1.82, 2.24) is 0 Å². The minimum atomic E-state index is -4.50. The van der Waals surface area contributed by atoms with E-state index in [9.17, 15) is 22.8 Å². The number of nitrogens with one attached hydrogen (secondary N) is 1. The highest BCUT2D eigenvalue weighted by Crippen LogP contribution is 2.20. The molecule has 1 N–H and O–H groups in total. The van der Waals surface area contributed by atoms with E-state index in [1.807, 2.05) is 0 Å². The van der Waals surface area contributed by atoms with Crippen LogP contribution >= 0.6 is 0 Å². The highest BCUT2D eigenvalue weighted by Gasteiger charge is 2.30. The SMILES string of the molecule is COC(=O)c1cccc(NC(=O)[C@H](C)OCC(F)(F)F)c1C. The van der Waals surface area contributed by atoms with E-state index in [0.717, 1.165) is 0 Å². The van der Waals surface area contributed by atoms with Gasteiger partial charge in [0.05, 0.1) is 12.7 Å². The molecule has 0 saturated carbocycles. The first-order chi connectivity index (χ1) is 10.2. The Hall–Kier alpha value is -2.09. The Kier molecular flexibility index (Phi) is 5.92. The average Bonchev–Trinajstić information content (AvgIpc) is 2.45. The first-order valence-corrected chi connectivity index (χ1v) is 6.33. The summed E-state index contributed by atoms with van der Waals surface area (Å²) in [6, 6.07) is 4.56. The predicted molar refractivity (Wildman–Crippen MR) is 72.6 cm³/mol. The van der Waals surface area contributed by atoms with Crippen molar-refractivity contribution in [1.29, 1.82) is 0 Å². The van der Waals surface area contributed by atoms with Crippen LogP contribution in [-0.4, -0.2) is 37.9 Å². The lowest BCUT2D eigenvalue weighted by molar-refractivity contribution is -0.184. The van der Waals surface area contributed by atoms with Crippen LogP contribution in [0.2, 0.25) is 0 Å². The number of methoxy groups -OCH3 is 1. The smallest absolute Gasteiger partial charge is 0.411 e. The van der Waals surface area contributed by atoms with Crippen LogP contribution < -0.4 is 5.32 Å². The van der Waals surface area contributed by atoms with Gasteiger partial charge in [-0.25, -0.2) is 4.79 Å². The van der Waals surface area contributed by atoms with Crippen LogP contribution in [0.5, 0.6) is 0 Å². The Balaban J connectivity index is 2.78. The third kappa shape index (κ3) is 5.03. The van der Waals surface area contributed by atoms with Gasteiger partial charge in [0, 0.05) is 5.69 Å². The molecular weight excluding hydrogens is 303 g/mol. The van der Waals surface area contributed by atoms with E-state index in [2.05, 4.69) is 14.8 Å². The molecule has 0 unspecified atom stereocenters. The quantitative estimate of drug-likeness (QED) is 0.848. The first kappa shape index (κ1) is 18.0. The Morgan fingerprint density at radius 1 is 1.32 bits per heavy atom. The van der Waals surface area contributed by atoms with E-state index < -0.39 is 30.8 Å². The Bertz CT molecular complexity index is 558. The molecular formula is C14H16F3NO4. The molecule has 22 heavy (non-hydrogen) atoms. The Morgan fingerprint density at radius 2 is 1.95 bits per heavy atom. The molecule has 1 atom stereocenters. The summed E-state index contributed by atoms with van der Waals surface area (Å²) in [5, 5.41) is 2.43. The van der Waals surface area contributed by atoms with Crippen molar-refractivity contribution < 1.29 is 32.2 Å². The van der Waals surface area contributed by atoms with Crippen molar-refractivity contribution in [2.75, 3.05) is 19.0 Å². The molecule has 0 aliphatic rings. The van der Waals surface area contributed by atoms with E-state index in [1.165, 1.54) is 32.2 Å². The number of hydrogen-bond donors (Lipinski definition) is 1. The largest absolute Gasteiger partial charge is 0.465 e. The maximum absolute atomic E-state index is 12.0. The fourth-order valence-corrected chi connectivity index (χ4v) is 1.63. The second-order valence-electron chi connectivity index (χ2n) is 4.53. The summed E-state index contributed by atoms with van der Waals surface area (Å²) < 4.78 is 45.2. The lowest BCUT2D eigenvalue weighted by Gasteiger charge is -2.16. The van der Waals surface area contributed by atoms with Gasteiger partial charge in [-0.2, -0.15) is 13.2 Å². The third-order valence-electron chi connectivity index (χ3n) is 2.86. The minimum absolute atomic E-state index is 0.254. The molecule has 0 fully saturated rings. The molecule has 1 aromatic rings. The van der Waals surface area contributed by atoms with Crippen LogP contribution in [0.25, 0.3) is 0 Å². The minimum Gasteiger partial charge on any atom is -0.465 e. The zero-order chi connectivity index (χ0) is 16.9. The number of ether oxygens (including phenoxy) is 2. The van der Waals surface area contributed by atoms with Crippen LogP contribution in [0.15, 0.2) is 18.2 Å². The van der Waals surface area contributed by atoms with Gasteiger partial charge in [0.2, 0.25) is 0 Å². The fourth-order valence-electron chi connectivity index (χ4n) is 1.63. The molecule has 5 nitrogen and oxygen atoms in total. The van der Waals surface area contributed by atoms with E-state index in [1.54, 1.807) is 6.92 Å². The topological polar surface area (TPSA) is 64.6 Å². The molecule has 0 radical (unpaired) electrons. The van der Waals surface area contributed by atoms with Crippen LogP contribution in [-0.2, 0) is 14.3 Å². The maximum atomic E-state index is 12.0. The average molecular weight is 319 g/mol. The normalized spacial score (nSPS) is 12.6. The summed E-state index contributed by atoms with van der Waals surface area (Å²) in [5.74, 6) is -1.32. The lowest BCUT2D eigenvalue weighted by atomic mass is 10.1. The van der Waals surface area contributed by atoms with E-state index >= 15 is 0 Å². The van der Waals surface area contributed by atoms with E-state index in [0.29, 0.717) is 11.3 Å². The van der Waals surface area contributed by atoms with Crippen molar-refractivity contribution >= 4 is 17.6 Å². The van der Waals surface area contributed by atoms with Gasteiger partial charge in [-0.3, -0.25) is 4.79 Å². The van der Waals surface area contributed by atoms with Crippen LogP contribution in [0.1, 0.15) is 22.8 Å². The number of carbonyl (C=O) groups is 2. The predicted octanol–water partition coefficient (Wildman–Crippen LogP) is 2.69. The van der Waals surface area contributed by atoms with Gasteiger partial charge < -0.3 is 14.8 Å². The summed E-state index contributed by atoms with van der Waals surface area (Å²) in [4.78, 5) is 23.3. The number of halogens is 3. The number of amides is 1. The van der Waals surface area contributed by atoms with Crippen LogP contribution in [0.3, 0.4) is 0 Å². The van der Waals surface area contributed by atoms with Crippen molar-refractivity contribution in [3.63, 3.8) is 0 Å². The van der Waals surface area contributed by atoms with Crippen molar-refractivity contribution in [2.45, 2.75) is 26.1 Å². The van der Waals surface area contributed by atoms with Crippen molar-refractivity contribution in [3.8, 4) is 0 Å².